The van der Waals surface area contributed by atoms with Crippen LogP contribution in [0.2, 0.25) is 0 Å². The van der Waals surface area contributed by atoms with Gasteiger partial charge in [-0.25, -0.2) is 0 Å². The topological polar surface area (TPSA) is 79.5 Å². The first kappa shape index (κ1) is 19.2. The molecule has 0 spiro atoms. The third-order valence-electron chi connectivity index (χ3n) is 4.23. The average molecular weight is 363 g/mol. The molecule has 1 aromatic rings. The quantitative estimate of drug-likeness (QED) is 0.552. The number of aryl methyl sites for hydroxylation is 1. The Hall–Kier alpha value is -2.15. The van der Waals surface area contributed by atoms with Crippen molar-refractivity contribution in [2.45, 2.75) is 45.4 Å². The van der Waals surface area contributed by atoms with E-state index in [1.54, 1.807) is 0 Å². The normalized spacial score (nSPS) is 14.4. The van der Waals surface area contributed by atoms with Crippen molar-refractivity contribution in [1.82, 2.24) is 16.2 Å². The second-order valence-corrected chi connectivity index (χ2v) is 6.52. The van der Waals surface area contributed by atoms with Crippen molar-refractivity contribution < 1.29 is 14.3 Å². The second kappa shape index (κ2) is 9.98. The molecule has 0 aromatic heterocycles. The lowest BCUT2D eigenvalue weighted by Gasteiger charge is -2.21. The second-order valence-electron chi connectivity index (χ2n) is 6.11. The van der Waals surface area contributed by atoms with Gasteiger partial charge >= 0.3 is 0 Å². The maximum absolute atomic E-state index is 12.0. The van der Waals surface area contributed by atoms with E-state index in [0.29, 0.717) is 5.75 Å². The summed E-state index contributed by atoms with van der Waals surface area (Å²) in [6.45, 7) is 1.92. The van der Waals surface area contributed by atoms with E-state index in [4.69, 9.17) is 17.0 Å². The molecule has 1 aromatic carbocycles. The number of benzene rings is 1. The van der Waals surface area contributed by atoms with Crippen LogP contribution in [-0.4, -0.2) is 23.5 Å². The zero-order chi connectivity index (χ0) is 18.1. The Labute approximate surface area is 153 Å². The third kappa shape index (κ3) is 6.70. The molecule has 6 nitrogen and oxygen atoms in total. The lowest BCUT2D eigenvalue weighted by atomic mass is 9.89. The molecule has 25 heavy (non-hydrogen) atoms. The van der Waals surface area contributed by atoms with Crippen LogP contribution in [0, 0.1) is 5.92 Å². The van der Waals surface area contributed by atoms with E-state index in [0.717, 1.165) is 32.1 Å². The number of hydrogen-bond donors (Lipinski definition) is 3. The van der Waals surface area contributed by atoms with Crippen molar-refractivity contribution >= 4 is 29.1 Å². The minimum atomic E-state index is -0.385. The number of nitrogens with one attached hydrogen (secondary N) is 3. The van der Waals surface area contributed by atoms with Crippen molar-refractivity contribution in [3.05, 3.63) is 29.8 Å². The fraction of sp³-hybridized carbons (Fsp3) is 0.500. The molecule has 1 aliphatic rings. The van der Waals surface area contributed by atoms with Crippen molar-refractivity contribution in [2.75, 3.05) is 6.61 Å². The third-order valence-corrected chi connectivity index (χ3v) is 4.43. The standard InChI is InChI=1S/C18H25N3O3S/c1-2-13-8-10-15(11-9-13)24-12-16(22)19-18(25)21-20-17(23)14-6-4-3-5-7-14/h8-11,14H,2-7,12H2,1H3,(H,20,23)(H2,19,21,22,25). The number of thiocarbonyl (C=S) groups is 1. The van der Waals surface area contributed by atoms with Crippen LogP contribution in [0.3, 0.4) is 0 Å². The molecule has 1 saturated carbocycles. The molecule has 0 atom stereocenters. The van der Waals surface area contributed by atoms with Crippen molar-refractivity contribution in [3.63, 3.8) is 0 Å². The van der Waals surface area contributed by atoms with E-state index >= 15 is 0 Å². The van der Waals surface area contributed by atoms with Gasteiger partial charge in [-0.2, -0.15) is 0 Å². The average Bonchev–Trinajstić information content (AvgIpc) is 2.65. The van der Waals surface area contributed by atoms with Crippen LogP contribution in [0.1, 0.15) is 44.6 Å². The van der Waals surface area contributed by atoms with Crippen molar-refractivity contribution in [1.29, 1.82) is 0 Å². The Kier molecular flexibility index (Phi) is 7.66. The number of ether oxygens (including phenoxy) is 1. The van der Waals surface area contributed by atoms with E-state index in [-0.39, 0.29) is 29.5 Å². The molecule has 0 bridgehead atoms. The molecule has 1 aliphatic carbocycles. The van der Waals surface area contributed by atoms with Gasteiger partial charge < -0.3 is 4.74 Å². The molecule has 2 amide bonds. The van der Waals surface area contributed by atoms with Crippen LogP contribution < -0.4 is 20.9 Å². The summed E-state index contributed by atoms with van der Waals surface area (Å²) < 4.78 is 5.40. The summed E-state index contributed by atoms with van der Waals surface area (Å²) >= 11 is 5.00. The SMILES string of the molecule is CCc1ccc(OCC(=O)NC(=S)NNC(=O)C2CCCCC2)cc1. The summed E-state index contributed by atoms with van der Waals surface area (Å²) in [5.74, 6) is 0.179. The number of carbonyl (C=O) groups is 2. The maximum Gasteiger partial charge on any atom is 0.264 e. The first-order valence-corrected chi connectivity index (χ1v) is 9.10. The molecule has 3 N–H and O–H groups in total. The van der Waals surface area contributed by atoms with Gasteiger partial charge in [0.25, 0.3) is 5.91 Å². The van der Waals surface area contributed by atoms with Crippen LogP contribution in [0.4, 0.5) is 0 Å². The van der Waals surface area contributed by atoms with Crippen LogP contribution in [0.5, 0.6) is 5.75 Å². The van der Waals surface area contributed by atoms with Gasteiger partial charge in [-0.3, -0.25) is 25.8 Å². The molecular weight excluding hydrogens is 338 g/mol. The van der Waals surface area contributed by atoms with Gasteiger partial charge in [0.1, 0.15) is 5.75 Å². The largest absolute Gasteiger partial charge is 0.484 e. The highest BCUT2D eigenvalue weighted by Crippen LogP contribution is 2.23. The van der Waals surface area contributed by atoms with Crippen molar-refractivity contribution in [3.8, 4) is 5.75 Å². The Morgan fingerprint density at radius 1 is 1.12 bits per heavy atom. The Morgan fingerprint density at radius 3 is 2.44 bits per heavy atom. The molecule has 0 saturated heterocycles. The Balaban J connectivity index is 1.65. The number of rotatable bonds is 5. The minimum absolute atomic E-state index is 0.0224. The molecule has 136 valence electrons. The van der Waals surface area contributed by atoms with Gasteiger partial charge in [-0.05, 0) is 49.2 Å². The van der Waals surface area contributed by atoms with E-state index in [1.807, 2.05) is 24.3 Å². The van der Waals surface area contributed by atoms with Crippen LogP contribution >= 0.6 is 12.2 Å². The first-order chi connectivity index (χ1) is 12.1. The zero-order valence-corrected chi connectivity index (χ0v) is 15.3. The van der Waals surface area contributed by atoms with Gasteiger partial charge in [0.2, 0.25) is 5.91 Å². The highest BCUT2D eigenvalue weighted by atomic mass is 32.1. The van der Waals surface area contributed by atoms with Gasteiger partial charge in [-0.1, -0.05) is 38.3 Å². The van der Waals surface area contributed by atoms with Gasteiger partial charge in [0.05, 0.1) is 0 Å². The van der Waals surface area contributed by atoms with Crippen LogP contribution in [0.15, 0.2) is 24.3 Å². The molecule has 0 unspecified atom stereocenters. The molecule has 0 radical (unpaired) electrons. The number of carbonyl (C=O) groups excluding carboxylic acids is 2. The first-order valence-electron chi connectivity index (χ1n) is 8.70. The van der Waals surface area contributed by atoms with Crippen molar-refractivity contribution in [2.24, 2.45) is 5.92 Å². The molecular formula is C18H25N3O3S. The Bertz CT molecular complexity index is 598. The number of amides is 2. The minimum Gasteiger partial charge on any atom is -0.484 e. The zero-order valence-electron chi connectivity index (χ0n) is 14.5. The predicted octanol–water partition coefficient (Wildman–Crippen LogP) is 2.23. The molecule has 2 rings (SSSR count). The summed E-state index contributed by atoms with van der Waals surface area (Å²) in [4.78, 5) is 23.8. The summed E-state index contributed by atoms with van der Waals surface area (Å²) in [5.41, 5.74) is 6.33. The van der Waals surface area contributed by atoms with Gasteiger partial charge in [-0.15, -0.1) is 0 Å². The molecule has 7 heteroatoms. The van der Waals surface area contributed by atoms with E-state index < -0.39 is 0 Å². The van der Waals surface area contributed by atoms with Gasteiger partial charge in [0, 0.05) is 5.92 Å². The summed E-state index contributed by atoms with van der Waals surface area (Å²) in [6, 6.07) is 7.57. The fourth-order valence-electron chi connectivity index (χ4n) is 2.75. The fourth-order valence-corrected chi connectivity index (χ4v) is 2.91. The number of hydrazine groups is 1. The lowest BCUT2D eigenvalue weighted by Crippen LogP contribution is -2.51. The van der Waals surface area contributed by atoms with Crippen LogP contribution in [-0.2, 0) is 16.0 Å². The summed E-state index contributed by atoms with van der Waals surface area (Å²) in [6.07, 6.45) is 6.10. The number of hydrogen-bond acceptors (Lipinski definition) is 4. The lowest BCUT2D eigenvalue weighted by molar-refractivity contribution is -0.126. The summed E-state index contributed by atoms with van der Waals surface area (Å²) in [7, 11) is 0. The summed E-state index contributed by atoms with van der Waals surface area (Å²) in [5, 5.41) is 2.53. The van der Waals surface area contributed by atoms with E-state index in [1.165, 1.54) is 12.0 Å². The van der Waals surface area contributed by atoms with E-state index in [2.05, 4.69) is 23.1 Å². The smallest absolute Gasteiger partial charge is 0.264 e. The molecule has 1 fully saturated rings. The predicted molar refractivity (Wildman–Crippen MR) is 99.9 cm³/mol. The van der Waals surface area contributed by atoms with Gasteiger partial charge in [0.15, 0.2) is 11.7 Å². The maximum atomic E-state index is 12.0. The van der Waals surface area contributed by atoms with Crippen LogP contribution in [0.25, 0.3) is 0 Å². The van der Waals surface area contributed by atoms with E-state index in [9.17, 15) is 9.59 Å². The monoisotopic (exact) mass is 363 g/mol. The Morgan fingerprint density at radius 2 is 1.80 bits per heavy atom. The highest BCUT2D eigenvalue weighted by molar-refractivity contribution is 7.80. The molecule has 0 aliphatic heterocycles. The highest BCUT2D eigenvalue weighted by Gasteiger charge is 2.21. The molecule has 0 heterocycles.